The monoisotopic (exact) mass is 528 g/mol. The van der Waals surface area contributed by atoms with Crippen molar-refractivity contribution in [2.45, 2.75) is 111 Å². The van der Waals surface area contributed by atoms with Gasteiger partial charge in [0.2, 0.25) is 5.78 Å². The van der Waals surface area contributed by atoms with Crippen LogP contribution < -0.4 is 4.74 Å². The van der Waals surface area contributed by atoms with Gasteiger partial charge in [0.1, 0.15) is 5.75 Å². The third-order valence-corrected chi connectivity index (χ3v) is 7.31. The van der Waals surface area contributed by atoms with Gasteiger partial charge in [-0.15, -0.1) is 0 Å². The summed E-state index contributed by atoms with van der Waals surface area (Å²) in [6.07, 6.45) is 0. The van der Waals surface area contributed by atoms with Gasteiger partial charge in [0.05, 0.1) is 0 Å². The maximum atomic E-state index is 14.2. The number of benzene rings is 3. The van der Waals surface area contributed by atoms with Crippen LogP contribution in [0.5, 0.6) is 5.75 Å². The molecule has 3 rings (SSSR count). The van der Waals surface area contributed by atoms with Gasteiger partial charge >= 0.3 is 0 Å². The van der Waals surface area contributed by atoms with E-state index in [0.29, 0.717) is 16.9 Å². The van der Waals surface area contributed by atoms with E-state index in [2.05, 4.69) is 95.2 Å². The molecule has 0 aliphatic heterocycles. The Morgan fingerprint density at radius 1 is 0.564 bits per heavy atom. The summed E-state index contributed by atoms with van der Waals surface area (Å²) in [4.78, 5) is 14.2. The third kappa shape index (κ3) is 6.81. The average Bonchev–Trinajstić information content (AvgIpc) is 2.81. The summed E-state index contributed by atoms with van der Waals surface area (Å²) < 4.78 is 6.57. The van der Waals surface area contributed by atoms with Gasteiger partial charge in [0, 0.05) is 11.1 Å². The number of hydrogen-bond acceptors (Lipinski definition) is 3. The second-order valence-corrected chi connectivity index (χ2v) is 15.0. The molecule has 210 valence electrons. The van der Waals surface area contributed by atoms with Gasteiger partial charge in [-0.2, -0.15) is 0 Å². The van der Waals surface area contributed by atoms with Gasteiger partial charge in [-0.05, 0) is 62.1 Å². The lowest BCUT2D eigenvalue weighted by molar-refractivity contribution is -0.107. The first-order chi connectivity index (χ1) is 17.6. The molecule has 1 atom stereocenters. The molecule has 1 unspecified atom stereocenters. The first kappa shape index (κ1) is 30.6. The van der Waals surface area contributed by atoms with Gasteiger partial charge in [0.15, 0.2) is 0 Å². The zero-order valence-electron chi connectivity index (χ0n) is 26.1. The van der Waals surface area contributed by atoms with E-state index >= 15 is 0 Å². The number of carbonyl (C=O) groups excluding carboxylic acids is 1. The maximum absolute atomic E-state index is 14.2. The van der Waals surface area contributed by atoms with Crippen LogP contribution in [0.1, 0.15) is 121 Å². The Kier molecular flexibility index (Phi) is 8.05. The first-order valence-corrected chi connectivity index (χ1v) is 14.0. The molecule has 3 aromatic rings. The molecule has 0 aliphatic carbocycles. The summed E-state index contributed by atoms with van der Waals surface area (Å²) in [5.41, 5.74) is 4.28. The minimum Gasteiger partial charge on any atom is -0.450 e. The van der Waals surface area contributed by atoms with E-state index in [4.69, 9.17) is 4.74 Å². The van der Waals surface area contributed by atoms with Crippen molar-refractivity contribution >= 4 is 5.78 Å². The number of aliphatic hydroxyl groups is 1. The van der Waals surface area contributed by atoms with Gasteiger partial charge in [0.25, 0.3) is 5.79 Å². The second-order valence-electron chi connectivity index (χ2n) is 15.0. The van der Waals surface area contributed by atoms with Crippen LogP contribution in [-0.4, -0.2) is 10.9 Å². The molecule has 0 saturated heterocycles. The van der Waals surface area contributed by atoms with Gasteiger partial charge in [-0.25, -0.2) is 0 Å². The van der Waals surface area contributed by atoms with E-state index in [-0.39, 0.29) is 21.7 Å². The predicted octanol–water partition coefficient (Wildman–Crippen LogP) is 8.98. The highest BCUT2D eigenvalue weighted by molar-refractivity contribution is 6.02. The number of Topliss-reactive ketones (excluding diaryl/α,β-unsaturated/α-hetero) is 1. The molecule has 0 spiro atoms. The van der Waals surface area contributed by atoms with E-state index in [1.165, 1.54) is 5.56 Å². The van der Waals surface area contributed by atoms with Gasteiger partial charge in [-0.1, -0.05) is 132 Å². The fourth-order valence-corrected chi connectivity index (χ4v) is 4.54. The number of ether oxygens (including phenoxy) is 1. The van der Waals surface area contributed by atoms with Gasteiger partial charge in [-0.3, -0.25) is 4.79 Å². The largest absolute Gasteiger partial charge is 0.450 e. The summed E-state index contributed by atoms with van der Waals surface area (Å²) in [5, 5.41) is 12.5. The number of rotatable bonds is 5. The summed E-state index contributed by atoms with van der Waals surface area (Å²) in [5.74, 6) is -2.22. The molecule has 0 aliphatic rings. The number of carbonyl (C=O) groups is 1. The molecule has 39 heavy (non-hydrogen) atoms. The van der Waals surface area contributed by atoms with Crippen LogP contribution in [0.2, 0.25) is 0 Å². The Hall–Kier alpha value is -2.91. The van der Waals surface area contributed by atoms with Crippen molar-refractivity contribution in [1.82, 2.24) is 0 Å². The molecule has 0 fully saturated rings. The first-order valence-electron chi connectivity index (χ1n) is 14.0. The second kappa shape index (κ2) is 10.2. The van der Waals surface area contributed by atoms with Crippen molar-refractivity contribution in [2.24, 2.45) is 0 Å². The molecule has 1 N–H and O–H groups in total. The van der Waals surface area contributed by atoms with E-state index in [1.807, 2.05) is 30.3 Å². The van der Waals surface area contributed by atoms with Crippen LogP contribution in [0, 0.1) is 0 Å². The molecule has 3 nitrogen and oxygen atoms in total. The van der Waals surface area contributed by atoms with Crippen molar-refractivity contribution in [3.8, 4) is 5.75 Å². The van der Waals surface area contributed by atoms with Crippen LogP contribution >= 0.6 is 0 Å². The van der Waals surface area contributed by atoms with E-state index in [0.717, 1.165) is 16.7 Å². The Morgan fingerprint density at radius 2 is 1.03 bits per heavy atom. The van der Waals surface area contributed by atoms with Crippen LogP contribution in [-0.2, 0) is 27.4 Å². The molecule has 0 radical (unpaired) electrons. The molecule has 0 heterocycles. The highest BCUT2D eigenvalue weighted by Gasteiger charge is 2.44. The third-order valence-electron chi connectivity index (χ3n) is 7.31. The average molecular weight is 529 g/mol. The lowest BCUT2D eigenvalue weighted by Crippen LogP contribution is -2.43. The van der Waals surface area contributed by atoms with Crippen LogP contribution in [0.15, 0.2) is 66.7 Å². The quantitative estimate of drug-likeness (QED) is 0.265. The van der Waals surface area contributed by atoms with E-state index in [1.54, 1.807) is 24.3 Å². The van der Waals surface area contributed by atoms with Crippen LogP contribution in [0.3, 0.4) is 0 Å². The fraction of sp³-hybridized carbons (Fsp3) is 0.472. The molecule has 0 bridgehead atoms. The summed E-state index contributed by atoms with van der Waals surface area (Å²) >= 11 is 0. The normalized spacial score (nSPS) is 14.6. The Morgan fingerprint density at radius 3 is 1.46 bits per heavy atom. The number of hydrogen-bond donors (Lipinski definition) is 1. The minimum atomic E-state index is -2.23. The summed E-state index contributed by atoms with van der Waals surface area (Å²) in [7, 11) is 0. The van der Waals surface area contributed by atoms with Gasteiger partial charge < -0.3 is 9.84 Å². The van der Waals surface area contributed by atoms with Crippen molar-refractivity contribution < 1.29 is 14.6 Å². The molecular weight excluding hydrogens is 480 g/mol. The number of ketones is 1. The Labute approximate surface area is 236 Å². The highest BCUT2D eigenvalue weighted by Crippen LogP contribution is 2.41. The molecule has 0 amide bonds. The topological polar surface area (TPSA) is 46.5 Å². The van der Waals surface area contributed by atoms with Crippen molar-refractivity contribution in [2.75, 3.05) is 0 Å². The SMILES string of the molecule is CC(C)(C)c1cc(C(C)(C)C)cc(C(O)(Oc2ccc(C(C)(C)C)cc2C(C)(C)C)C(=O)c2ccccc2)c1. The highest BCUT2D eigenvalue weighted by atomic mass is 16.6. The zero-order valence-corrected chi connectivity index (χ0v) is 26.1. The van der Waals surface area contributed by atoms with E-state index in [9.17, 15) is 9.90 Å². The van der Waals surface area contributed by atoms with Crippen LogP contribution in [0.4, 0.5) is 0 Å². The lowest BCUT2D eigenvalue weighted by atomic mass is 9.78. The Balaban J connectivity index is 2.35. The maximum Gasteiger partial charge on any atom is 0.300 e. The summed E-state index contributed by atoms with van der Waals surface area (Å²) in [6, 6.07) is 21.0. The predicted molar refractivity (Wildman–Crippen MR) is 163 cm³/mol. The molecule has 0 aromatic heterocycles. The molecule has 3 heteroatoms. The zero-order chi connectivity index (χ0) is 29.6. The standard InChI is InChI=1S/C36H48O3/c1-32(2,3)25-18-19-30(29(23-25)35(10,11)12)39-36(38,31(37)24-16-14-13-15-17-24)28-21-26(33(4,5)6)20-27(22-28)34(7,8)9/h13-23,38H,1-12H3. The fourth-order valence-electron chi connectivity index (χ4n) is 4.54. The summed E-state index contributed by atoms with van der Waals surface area (Å²) in [6.45, 7) is 25.7. The molecular formula is C36H48O3. The smallest absolute Gasteiger partial charge is 0.300 e. The molecule has 3 aromatic carbocycles. The lowest BCUT2D eigenvalue weighted by Gasteiger charge is -2.34. The minimum absolute atomic E-state index is 0.0582. The molecule has 0 saturated carbocycles. The van der Waals surface area contributed by atoms with Crippen molar-refractivity contribution in [1.29, 1.82) is 0 Å². The van der Waals surface area contributed by atoms with Crippen LogP contribution in [0.25, 0.3) is 0 Å². The van der Waals surface area contributed by atoms with Crippen molar-refractivity contribution in [3.05, 3.63) is 100 Å². The van der Waals surface area contributed by atoms with E-state index < -0.39 is 11.6 Å². The Bertz CT molecular complexity index is 1290. The van der Waals surface area contributed by atoms with Crippen molar-refractivity contribution in [3.63, 3.8) is 0 Å².